The number of aryl methyl sites for hydroxylation is 1. The maximum Gasteiger partial charge on any atom is 0.433 e. The van der Waals surface area contributed by atoms with Gasteiger partial charge in [0.1, 0.15) is 11.3 Å². The summed E-state index contributed by atoms with van der Waals surface area (Å²) in [7, 11) is 1.55. The quantitative estimate of drug-likeness (QED) is 0.517. The Labute approximate surface area is 149 Å². The van der Waals surface area contributed by atoms with Crippen LogP contribution in [0.15, 0.2) is 47.4 Å². The van der Waals surface area contributed by atoms with Crippen molar-refractivity contribution in [1.29, 1.82) is 5.26 Å². The van der Waals surface area contributed by atoms with Crippen molar-refractivity contribution < 1.29 is 13.2 Å². The minimum Gasteiger partial charge on any atom is -0.296 e. The van der Waals surface area contributed by atoms with E-state index in [0.29, 0.717) is 22.1 Å². The lowest BCUT2D eigenvalue weighted by Crippen LogP contribution is -2.19. The second-order valence-electron chi connectivity index (χ2n) is 5.93. The summed E-state index contributed by atoms with van der Waals surface area (Å²) in [6, 6.07) is 10.4. The molecule has 4 aromatic rings. The van der Waals surface area contributed by atoms with E-state index in [9.17, 15) is 18.0 Å². The van der Waals surface area contributed by atoms with Gasteiger partial charge in [0, 0.05) is 24.9 Å². The van der Waals surface area contributed by atoms with Gasteiger partial charge in [-0.3, -0.25) is 14.3 Å². The Bertz CT molecular complexity index is 1310. The van der Waals surface area contributed by atoms with Crippen molar-refractivity contribution in [2.24, 2.45) is 7.05 Å². The number of nitriles is 1. The van der Waals surface area contributed by atoms with Gasteiger partial charge in [0.15, 0.2) is 0 Å². The van der Waals surface area contributed by atoms with Crippen LogP contribution in [0.2, 0.25) is 0 Å². The number of hydrogen-bond acceptors (Lipinski definition) is 4. The predicted molar refractivity (Wildman–Crippen MR) is 90.9 cm³/mol. The molecule has 0 atom stereocenters. The second kappa shape index (κ2) is 5.67. The van der Waals surface area contributed by atoms with Gasteiger partial charge in [-0.1, -0.05) is 0 Å². The number of hydrogen-bond donors (Lipinski definition) is 0. The van der Waals surface area contributed by atoms with Gasteiger partial charge in [0.2, 0.25) is 0 Å². The van der Waals surface area contributed by atoms with Crippen molar-refractivity contribution in [1.82, 2.24) is 19.2 Å². The zero-order valence-corrected chi connectivity index (χ0v) is 13.8. The van der Waals surface area contributed by atoms with E-state index in [-0.39, 0.29) is 16.8 Å². The van der Waals surface area contributed by atoms with Gasteiger partial charge < -0.3 is 0 Å². The van der Waals surface area contributed by atoms with Gasteiger partial charge in [0.05, 0.1) is 28.2 Å². The Kier molecular flexibility index (Phi) is 3.52. The van der Waals surface area contributed by atoms with Crippen LogP contribution in [0.1, 0.15) is 11.3 Å². The van der Waals surface area contributed by atoms with Crippen LogP contribution in [0.4, 0.5) is 13.2 Å². The molecule has 0 saturated heterocycles. The molecule has 9 heteroatoms. The monoisotopic (exact) mass is 369 g/mol. The topological polar surface area (TPSA) is 76.0 Å². The summed E-state index contributed by atoms with van der Waals surface area (Å²) in [5.74, 6) is 0. The first kappa shape index (κ1) is 16.8. The van der Waals surface area contributed by atoms with E-state index in [1.807, 2.05) is 6.07 Å². The van der Waals surface area contributed by atoms with Crippen molar-refractivity contribution in [2.45, 2.75) is 6.18 Å². The number of aromatic nitrogens is 4. The Morgan fingerprint density at radius 1 is 1.15 bits per heavy atom. The van der Waals surface area contributed by atoms with Crippen molar-refractivity contribution in [3.8, 4) is 17.3 Å². The number of fused-ring (bicyclic) bond motifs is 3. The fourth-order valence-electron chi connectivity index (χ4n) is 2.92. The zero-order valence-electron chi connectivity index (χ0n) is 13.8. The Hall–Kier alpha value is -3.67. The van der Waals surface area contributed by atoms with Crippen LogP contribution < -0.4 is 5.56 Å². The van der Waals surface area contributed by atoms with Crippen molar-refractivity contribution >= 4 is 16.6 Å². The van der Waals surface area contributed by atoms with Gasteiger partial charge >= 0.3 is 6.18 Å². The molecule has 0 N–H and O–H groups in total. The summed E-state index contributed by atoms with van der Waals surface area (Å²) in [5.41, 5.74) is 0.302. The van der Waals surface area contributed by atoms with Gasteiger partial charge in [-0.25, -0.2) is 4.52 Å². The maximum absolute atomic E-state index is 12.9. The van der Waals surface area contributed by atoms with E-state index < -0.39 is 11.9 Å². The number of alkyl halides is 3. The van der Waals surface area contributed by atoms with E-state index in [0.717, 1.165) is 12.3 Å². The molecule has 3 heterocycles. The van der Waals surface area contributed by atoms with E-state index in [1.165, 1.54) is 39.4 Å². The van der Waals surface area contributed by atoms with Crippen LogP contribution >= 0.6 is 0 Å². The average molecular weight is 369 g/mol. The highest BCUT2D eigenvalue weighted by molar-refractivity contribution is 5.82. The highest BCUT2D eigenvalue weighted by Crippen LogP contribution is 2.30. The van der Waals surface area contributed by atoms with Crippen LogP contribution in [0, 0.1) is 11.3 Å². The second-order valence-corrected chi connectivity index (χ2v) is 5.93. The maximum atomic E-state index is 12.9. The summed E-state index contributed by atoms with van der Waals surface area (Å²) >= 11 is 0. The molecule has 0 amide bonds. The summed E-state index contributed by atoms with van der Waals surface area (Å²) in [6.07, 6.45) is -3.51. The van der Waals surface area contributed by atoms with Gasteiger partial charge in [-0.2, -0.15) is 23.5 Å². The van der Waals surface area contributed by atoms with Crippen molar-refractivity contribution in [3.05, 3.63) is 64.2 Å². The molecule has 27 heavy (non-hydrogen) atoms. The molecule has 0 bridgehead atoms. The van der Waals surface area contributed by atoms with E-state index >= 15 is 0 Å². The summed E-state index contributed by atoms with van der Waals surface area (Å²) in [6.45, 7) is 0. The minimum absolute atomic E-state index is 0.220. The molecule has 0 aliphatic rings. The first-order valence-electron chi connectivity index (χ1n) is 7.76. The summed E-state index contributed by atoms with van der Waals surface area (Å²) < 4.78 is 41.6. The van der Waals surface area contributed by atoms with Crippen LogP contribution in [0.3, 0.4) is 0 Å². The molecule has 0 fully saturated rings. The number of halogens is 3. The van der Waals surface area contributed by atoms with Crippen molar-refractivity contribution in [2.75, 3.05) is 0 Å². The molecule has 4 rings (SSSR count). The standard InChI is InChI=1S/C18H10F3N5O/c1-25-16-8-13(11-4-5-23-15(7-11)18(19,20)21)24-26(16)14-6-10(9-22)2-3-12(14)17(25)27/h2-8H,1H3. The number of nitrogens with zero attached hydrogens (tertiary/aromatic N) is 5. The SMILES string of the molecule is Cn1c(=O)c2ccc(C#N)cc2n2nc(-c3ccnc(C(F)(F)F)c3)cc12. The highest BCUT2D eigenvalue weighted by Gasteiger charge is 2.32. The fraction of sp³-hybridized carbons (Fsp3) is 0.111. The highest BCUT2D eigenvalue weighted by atomic mass is 19.4. The average Bonchev–Trinajstić information content (AvgIpc) is 3.11. The first-order valence-corrected chi connectivity index (χ1v) is 7.76. The largest absolute Gasteiger partial charge is 0.433 e. The van der Waals surface area contributed by atoms with Gasteiger partial charge in [0.25, 0.3) is 5.56 Å². The van der Waals surface area contributed by atoms with Crippen LogP contribution in [-0.4, -0.2) is 19.2 Å². The van der Waals surface area contributed by atoms with Gasteiger partial charge in [-0.05, 0) is 30.3 Å². The van der Waals surface area contributed by atoms with Crippen molar-refractivity contribution in [3.63, 3.8) is 0 Å². The minimum atomic E-state index is -4.57. The molecule has 0 aliphatic carbocycles. The molecule has 0 radical (unpaired) electrons. The van der Waals surface area contributed by atoms with E-state index in [4.69, 9.17) is 5.26 Å². The van der Waals surface area contributed by atoms with E-state index in [1.54, 1.807) is 7.05 Å². The fourth-order valence-corrected chi connectivity index (χ4v) is 2.92. The van der Waals surface area contributed by atoms with Gasteiger partial charge in [-0.15, -0.1) is 0 Å². The molecule has 1 aromatic carbocycles. The smallest absolute Gasteiger partial charge is 0.296 e. The molecule has 134 valence electrons. The lowest BCUT2D eigenvalue weighted by atomic mass is 10.1. The zero-order chi connectivity index (χ0) is 19.3. The molecule has 0 unspecified atom stereocenters. The molecule has 6 nitrogen and oxygen atoms in total. The van der Waals surface area contributed by atoms with E-state index in [2.05, 4.69) is 10.1 Å². The summed E-state index contributed by atoms with van der Waals surface area (Å²) in [4.78, 5) is 15.9. The molecule has 0 saturated carbocycles. The molecule has 0 spiro atoms. The molecule has 0 aliphatic heterocycles. The number of benzene rings is 1. The Morgan fingerprint density at radius 3 is 2.63 bits per heavy atom. The predicted octanol–water partition coefficient (Wildman–Crippen LogP) is 3.14. The third kappa shape index (κ3) is 2.62. The normalized spacial score (nSPS) is 11.8. The summed E-state index contributed by atoms with van der Waals surface area (Å²) in [5, 5.41) is 13.8. The molecular weight excluding hydrogens is 359 g/mol. The first-order chi connectivity index (χ1) is 12.8. The third-order valence-corrected chi connectivity index (χ3v) is 4.27. The number of rotatable bonds is 1. The van der Waals surface area contributed by atoms with Crippen LogP contribution in [-0.2, 0) is 13.2 Å². The Balaban J connectivity index is 2.03. The lowest BCUT2D eigenvalue weighted by Gasteiger charge is -2.06. The molecule has 3 aromatic heterocycles. The Morgan fingerprint density at radius 2 is 1.93 bits per heavy atom. The van der Waals surface area contributed by atoms with Crippen LogP contribution in [0.5, 0.6) is 0 Å². The number of pyridine rings is 1. The molecular formula is C18H10F3N5O. The lowest BCUT2D eigenvalue weighted by molar-refractivity contribution is -0.141. The third-order valence-electron chi connectivity index (χ3n) is 4.27. The van der Waals surface area contributed by atoms with Crippen LogP contribution in [0.25, 0.3) is 27.8 Å².